The molecule has 1 fully saturated rings. The van der Waals surface area contributed by atoms with Crippen LogP contribution in [-0.2, 0) is 9.53 Å². The molecular weight excluding hydrogens is 248 g/mol. The third-order valence-electron chi connectivity index (χ3n) is 3.31. The second kappa shape index (κ2) is 5.86. The Labute approximate surface area is 111 Å². The number of amides is 1. The van der Waals surface area contributed by atoms with Crippen molar-refractivity contribution in [1.29, 1.82) is 0 Å². The number of aryl methyl sites for hydroxylation is 1. The number of ether oxygens (including phenoxy) is 1. The lowest BCUT2D eigenvalue weighted by Crippen LogP contribution is -2.42. The highest BCUT2D eigenvalue weighted by atomic mass is 16.5. The van der Waals surface area contributed by atoms with E-state index in [1.54, 1.807) is 18.7 Å². The van der Waals surface area contributed by atoms with Gasteiger partial charge in [-0.3, -0.25) is 9.59 Å². The summed E-state index contributed by atoms with van der Waals surface area (Å²) in [5.74, 6) is -0.0733. The third-order valence-corrected chi connectivity index (χ3v) is 3.31. The van der Waals surface area contributed by atoms with Crippen LogP contribution in [0, 0.1) is 12.8 Å². The van der Waals surface area contributed by atoms with Gasteiger partial charge in [0.05, 0.1) is 18.7 Å². The van der Waals surface area contributed by atoms with Gasteiger partial charge in [-0.05, 0) is 26.7 Å². The van der Waals surface area contributed by atoms with Gasteiger partial charge in [-0.1, -0.05) is 5.16 Å². The monoisotopic (exact) mass is 266 g/mol. The van der Waals surface area contributed by atoms with Gasteiger partial charge in [0.2, 0.25) is 0 Å². The minimum absolute atomic E-state index is 0.132. The van der Waals surface area contributed by atoms with E-state index in [1.165, 1.54) is 6.20 Å². The smallest absolute Gasteiger partial charge is 0.310 e. The van der Waals surface area contributed by atoms with E-state index in [-0.39, 0.29) is 17.8 Å². The zero-order valence-corrected chi connectivity index (χ0v) is 11.2. The van der Waals surface area contributed by atoms with Gasteiger partial charge in [-0.2, -0.15) is 0 Å². The molecule has 0 radical (unpaired) electrons. The molecule has 0 spiro atoms. The molecule has 0 bridgehead atoms. The lowest BCUT2D eigenvalue weighted by Gasteiger charge is -2.31. The maximum absolute atomic E-state index is 12.3. The average molecular weight is 266 g/mol. The van der Waals surface area contributed by atoms with Crippen LogP contribution in [0.25, 0.3) is 0 Å². The molecule has 1 aliphatic heterocycles. The topological polar surface area (TPSA) is 72.6 Å². The molecule has 1 aromatic heterocycles. The van der Waals surface area contributed by atoms with E-state index in [1.807, 2.05) is 0 Å². The molecule has 0 aromatic carbocycles. The number of carbonyl (C=O) groups excluding carboxylic acids is 2. The van der Waals surface area contributed by atoms with E-state index >= 15 is 0 Å². The normalized spacial score (nSPS) is 19.3. The van der Waals surface area contributed by atoms with Crippen molar-refractivity contribution in [3.63, 3.8) is 0 Å². The Balaban J connectivity index is 2.03. The lowest BCUT2D eigenvalue weighted by molar-refractivity contribution is -0.149. The fourth-order valence-corrected chi connectivity index (χ4v) is 2.29. The number of aromatic nitrogens is 1. The molecule has 6 nitrogen and oxygen atoms in total. The first-order valence-electron chi connectivity index (χ1n) is 6.50. The largest absolute Gasteiger partial charge is 0.466 e. The highest BCUT2D eigenvalue weighted by Gasteiger charge is 2.30. The van der Waals surface area contributed by atoms with Crippen molar-refractivity contribution in [1.82, 2.24) is 10.1 Å². The molecule has 0 N–H and O–H groups in total. The van der Waals surface area contributed by atoms with Crippen LogP contribution >= 0.6 is 0 Å². The van der Waals surface area contributed by atoms with Crippen LogP contribution in [0.15, 0.2) is 10.7 Å². The summed E-state index contributed by atoms with van der Waals surface area (Å²) in [5.41, 5.74) is 0.463. The Hall–Kier alpha value is -1.85. The molecule has 1 saturated heterocycles. The minimum atomic E-state index is -0.224. The first-order chi connectivity index (χ1) is 9.13. The van der Waals surface area contributed by atoms with Crippen LogP contribution < -0.4 is 0 Å². The molecule has 2 rings (SSSR count). The van der Waals surface area contributed by atoms with Crippen LogP contribution in [0.3, 0.4) is 0 Å². The summed E-state index contributed by atoms with van der Waals surface area (Å²) in [7, 11) is 0. The number of nitrogens with zero attached hydrogens (tertiary/aromatic N) is 2. The zero-order chi connectivity index (χ0) is 13.8. The van der Waals surface area contributed by atoms with E-state index in [2.05, 4.69) is 5.16 Å². The van der Waals surface area contributed by atoms with Gasteiger partial charge in [0.25, 0.3) is 5.91 Å². The fourth-order valence-electron chi connectivity index (χ4n) is 2.29. The average Bonchev–Trinajstić information content (AvgIpc) is 2.84. The molecule has 1 amide bonds. The summed E-state index contributed by atoms with van der Waals surface area (Å²) in [6.45, 7) is 4.91. The van der Waals surface area contributed by atoms with Crippen molar-refractivity contribution in [2.24, 2.45) is 5.92 Å². The Morgan fingerprint density at radius 1 is 1.58 bits per heavy atom. The predicted octanol–water partition coefficient (Wildman–Crippen LogP) is 1.40. The Morgan fingerprint density at radius 2 is 2.37 bits per heavy atom. The van der Waals surface area contributed by atoms with Gasteiger partial charge in [-0.25, -0.2) is 0 Å². The van der Waals surface area contributed by atoms with Gasteiger partial charge in [0, 0.05) is 13.1 Å². The first kappa shape index (κ1) is 13.6. The summed E-state index contributed by atoms with van der Waals surface area (Å²) in [6, 6.07) is 0. The molecule has 19 heavy (non-hydrogen) atoms. The second-order valence-electron chi connectivity index (χ2n) is 4.64. The van der Waals surface area contributed by atoms with Gasteiger partial charge in [-0.15, -0.1) is 0 Å². The number of rotatable bonds is 3. The minimum Gasteiger partial charge on any atom is -0.466 e. The summed E-state index contributed by atoms with van der Waals surface area (Å²) >= 11 is 0. The highest BCUT2D eigenvalue weighted by molar-refractivity contribution is 5.95. The van der Waals surface area contributed by atoms with Crippen LogP contribution in [0.1, 0.15) is 35.9 Å². The summed E-state index contributed by atoms with van der Waals surface area (Å²) < 4.78 is 9.92. The maximum Gasteiger partial charge on any atom is 0.310 e. The molecule has 0 unspecified atom stereocenters. The van der Waals surface area contributed by atoms with Crippen molar-refractivity contribution >= 4 is 11.9 Å². The molecule has 1 atom stereocenters. The van der Waals surface area contributed by atoms with Gasteiger partial charge in [0.1, 0.15) is 11.3 Å². The first-order valence-corrected chi connectivity index (χ1v) is 6.50. The highest BCUT2D eigenvalue weighted by Crippen LogP contribution is 2.20. The molecular formula is C13H18N2O4. The van der Waals surface area contributed by atoms with Crippen molar-refractivity contribution < 1.29 is 18.8 Å². The van der Waals surface area contributed by atoms with Crippen molar-refractivity contribution in [2.45, 2.75) is 26.7 Å². The number of likely N-dealkylation sites (tertiary alicyclic amines) is 1. The maximum atomic E-state index is 12.3. The van der Waals surface area contributed by atoms with E-state index < -0.39 is 0 Å². The van der Waals surface area contributed by atoms with Crippen molar-refractivity contribution in [3.05, 3.63) is 17.5 Å². The van der Waals surface area contributed by atoms with Crippen LogP contribution in [0.5, 0.6) is 0 Å². The summed E-state index contributed by atoms with van der Waals surface area (Å²) in [6.07, 6.45) is 3.00. The van der Waals surface area contributed by atoms with Crippen molar-refractivity contribution in [2.75, 3.05) is 19.7 Å². The molecule has 2 heterocycles. The Kier molecular flexibility index (Phi) is 4.19. The summed E-state index contributed by atoms with van der Waals surface area (Å²) in [5, 5.41) is 3.61. The van der Waals surface area contributed by atoms with Crippen LogP contribution in [-0.4, -0.2) is 41.6 Å². The van der Waals surface area contributed by atoms with Gasteiger partial charge >= 0.3 is 5.97 Å². The van der Waals surface area contributed by atoms with Crippen LogP contribution in [0.2, 0.25) is 0 Å². The molecule has 0 saturated carbocycles. The van der Waals surface area contributed by atoms with Gasteiger partial charge < -0.3 is 14.2 Å². The standard InChI is InChI=1S/C13H18N2O4/c1-3-18-13(17)10-5-4-6-15(8-10)12(16)11-7-14-19-9(11)2/h7,10H,3-6,8H2,1-2H3/t10-/m0/s1. The van der Waals surface area contributed by atoms with E-state index in [4.69, 9.17) is 9.26 Å². The molecule has 0 aliphatic carbocycles. The molecule has 6 heteroatoms. The van der Waals surface area contributed by atoms with Crippen molar-refractivity contribution in [3.8, 4) is 0 Å². The number of piperidine rings is 1. The second-order valence-corrected chi connectivity index (χ2v) is 4.64. The molecule has 104 valence electrons. The number of esters is 1. The number of carbonyl (C=O) groups is 2. The molecule has 1 aromatic rings. The van der Waals surface area contributed by atoms with Gasteiger partial charge in [0.15, 0.2) is 0 Å². The van der Waals surface area contributed by atoms with E-state index in [0.717, 1.165) is 12.8 Å². The molecule has 1 aliphatic rings. The van der Waals surface area contributed by atoms with E-state index in [0.29, 0.717) is 31.0 Å². The lowest BCUT2D eigenvalue weighted by atomic mass is 9.97. The Morgan fingerprint density at radius 3 is 3.00 bits per heavy atom. The summed E-state index contributed by atoms with van der Waals surface area (Å²) in [4.78, 5) is 25.7. The zero-order valence-electron chi connectivity index (χ0n) is 11.2. The van der Waals surface area contributed by atoms with Crippen LogP contribution in [0.4, 0.5) is 0 Å². The number of hydrogen-bond donors (Lipinski definition) is 0. The Bertz CT molecular complexity index is 469. The predicted molar refractivity (Wildman–Crippen MR) is 66.5 cm³/mol. The quantitative estimate of drug-likeness (QED) is 0.773. The van der Waals surface area contributed by atoms with E-state index in [9.17, 15) is 9.59 Å². The third kappa shape index (κ3) is 2.94. The SMILES string of the molecule is CCOC(=O)[C@H]1CCCN(C(=O)c2cnoc2C)C1. The number of hydrogen-bond acceptors (Lipinski definition) is 5. The fraction of sp³-hybridized carbons (Fsp3) is 0.615.